The lowest BCUT2D eigenvalue weighted by Crippen LogP contribution is -2.16. The second kappa shape index (κ2) is 6.47. The molecule has 0 aliphatic carbocycles. The number of rotatable bonds is 5. The van der Waals surface area contributed by atoms with Crippen LogP contribution in [-0.4, -0.2) is 23.6 Å². The Morgan fingerprint density at radius 2 is 1.95 bits per heavy atom. The van der Waals surface area contributed by atoms with Crippen molar-refractivity contribution in [2.75, 3.05) is 10.7 Å². The average molecular weight is 342 g/mol. The monoisotopic (exact) mass is 341 g/mol. The Bertz CT molecular complexity index is 780. The van der Waals surface area contributed by atoms with Gasteiger partial charge >= 0.3 is 0 Å². The molecule has 9 heteroatoms. The number of nitrogens with one attached hydrogen (secondary N) is 2. The van der Waals surface area contributed by atoms with Gasteiger partial charge in [0, 0.05) is 0 Å². The molecule has 7 nitrogen and oxygen atoms in total. The average Bonchev–Trinajstić information content (AvgIpc) is 2.49. The molecule has 1 aromatic carbocycles. The van der Waals surface area contributed by atoms with Gasteiger partial charge in [-0.3, -0.25) is 5.43 Å². The Hall–Kier alpha value is -1.90. The molecule has 0 bridgehead atoms. The molecule has 0 radical (unpaired) electrons. The van der Waals surface area contributed by atoms with Crippen LogP contribution in [-0.2, 0) is 9.84 Å². The summed E-state index contributed by atoms with van der Waals surface area (Å²) in [5, 5.41) is 2.62. The van der Waals surface area contributed by atoms with Crippen LogP contribution in [0.25, 0.3) is 0 Å². The van der Waals surface area contributed by atoms with Crippen LogP contribution in [0.4, 0.5) is 17.5 Å². The molecule has 0 aliphatic rings. The molecule has 2 rings (SSSR count). The van der Waals surface area contributed by atoms with Crippen LogP contribution in [0.15, 0.2) is 35.4 Å². The maximum atomic E-state index is 12.4. The number of para-hydroxylation sites is 1. The molecule has 0 unspecified atom stereocenters. The van der Waals surface area contributed by atoms with Gasteiger partial charge in [0.25, 0.3) is 0 Å². The van der Waals surface area contributed by atoms with Crippen molar-refractivity contribution in [3.8, 4) is 0 Å². The molecule has 1 heterocycles. The van der Waals surface area contributed by atoms with Crippen LogP contribution in [0.3, 0.4) is 0 Å². The number of hydrazine groups is 1. The van der Waals surface area contributed by atoms with Gasteiger partial charge in [0.2, 0.25) is 5.95 Å². The summed E-state index contributed by atoms with van der Waals surface area (Å²) in [6, 6.07) is 6.56. The quantitative estimate of drug-likeness (QED) is 0.565. The van der Waals surface area contributed by atoms with E-state index in [1.165, 1.54) is 12.3 Å². The van der Waals surface area contributed by atoms with E-state index < -0.39 is 15.1 Å². The van der Waals surface area contributed by atoms with E-state index in [9.17, 15) is 8.42 Å². The SMILES string of the molecule is CC(C)S(=O)(=O)c1ccccc1Nc1nc(NN)ncc1Cl. The second-order valence-corrected chi connectivity index (χ2v) is 7.63. The predicted octanol–water partition coefficient (Wildman–Crippen LogP) is 2.34. The van der Waals surface area contributed by atoms with Gasteiger partial charge in [0.1, 0.15) is 5.02 Å². The van der Waals surface area contributed by atoms with E-state index in [0.717, 1.165) is 0 Å². The molecule has 22 heavy (non-hydrogen) atoms. The first kappa shape index (κ1) is 16.5. The molecule has 0 saturated carbocycles. The van der Waals surface area contributed by atoms with Crippen molar-refractivity contribution < 1.29 is 8.42 Å². The summed E-state index contributed by atoms with van der Waals surface area (Å²) in [7, 11) is -3.45. The fourth-order valence-electron chi connectivity index (χ4n) is 1.72. The Morgan fingerprint density at radius 3 is 2.59 bits per heavy atom. The van der Waals surface area contributed by atoms with Gasteiger partial charge in [0.15, 0.2) is 15.7 Å². The van der Waals surface area contributed by atoms with Crippen LogP contribution in [0, 0.1) is 0 Å². The molecule has 4 N–H and O–H groups in total. The lowest BCUT2D eigenvalue weighted by Gasteiger charge is -2.15. The zero-order valence-corrected chi connectivity index (χ0v) is 13.6. The van der Waals surface area contributed by atoms with E-state index in [1.807, 2.05) is 0 Å². The third-order valence-corrected chi connectivity index (χ3v) is 5.43. The first-order valence-electron chi connectivity index (χ1n) is 6.45. The van der Waals surface area contributed by atoms with Crippen molar-refractivity contribution in [1.29, 1.82) is 0 Å². The molecule has 0 saturated heterocycles. The maximum absolute atomic E-state index is 12.4. The fraction of sp³-hybridized carbons (Fsp3) is 0.231. The number of anilines is 3. The summed E-state index contributed by atoms with van der Waals surface area (Å²) in [5.41, 5.74) is 2.69. The minimum absolute atomic E-state index is 0.163. The third kappa shape index (κ3) is 3.29. The number of aromatic nitrogens is 2. The number of nitrogen functional groups attached to an aromatic ring is 1. The lowest BCUT2D eigenvalue weighted by atomic mass is 10.3. The summed E-state index contributed by atoms with van der Waals surface area (Å²) in [6.07, 6.45) is 1.37. The van der Waals surface area contributed by atoms with Crippen molar-refractivity contribution >= 4 is 38.9 Å². The Balaban J connectivity index is 2.48. The highest BCUT2D eigenvalue weighted by Crippen LogP contribution is 2.29. The van der Waals surface area contributed by atoms with E-state index in [1.54, 1.807) is 32.0 Å². The van der Waals surface area contributed by atoms with E-state index in [2.05, 4.69) is 20.7 Å². The smallest absolute Gasteiger partial charge is 0.239 e. The highest BCUT2D eigenvalue weighted by atomic mass is 35.5. The summed E-state index contributed by atoms with van der Waals surface area (Å²) in [5.74, 6) is 5.68. The first-order chi connectivity index (χ1) is 10.4. The Kier molecular flexibility index (Phi) is 4.84. The molecule has 118 valence electrons. The molecular formula is C13H16ClN5O2S. The topological polar surface area (TPSA) is 110 Å². The highest BCUT2D eigenvalue weighted by molar-refractivity contribution is 7.92. The van der Waals surface area contributed by atoms with Gasteiger partial charge in [-0.2, -0.15) is 4.98 Å². The highest BCUT2D eigenvalue weighted by Gasteiger charge is 2.23. The molecule has 2 aromatic rings. The van der Waals surface area contributed by atoms with Crippen LogP contribution >= 0.6 is 11.6 Å². The zero-order chi connectivity index (χ0) is 16.3. The van der Waals surface area contributed by atoms with Crippen molar-refractivity contribution in [2.24, 2.45) is 5.84 Å². The molecule has 0 amide bonds. The van der Waals surface area contributed by atoms with Crippen molar-refractivity contribution in [3.63, 3.8) is 0 Å². The van der Waals surface area contributed by atoms with Crippen LogP contribution in [0.5, 0.6) is 0 Å². The van der Waals surface area contributed by atoms with Crippen LogP contribution in [0.2, 0.25) is 5.02 Å². The molecule has 0 aliphatic heterocycles. The largest absolute Gasteiger partial charge is 0.338 e. The molecular weight excluding hydrogens is 326 g/mol. The van der Waals surface area contributed by atoms with Gasteiger partial charge in [-0.05, 0) is 26.0 Å². The van der Waals surface area contributed by atoms with E-state index in [0.29, 0.717) is 5.69 Å². The number of nitrogens with zero attached hydrogens (tertiary/aromatic N) is 2. The van der Waals surface area contributed by atoms with Gasteiger partial charge in [-0.25, -0.2) is 19.2 Å². The minimum atomic E-state index is -3.45. The maximum Gasteiger partial charge on any atom is 0.239 e. The summed E-state index contributed by atoms with van der Waals surface area (Å²) in [6.45, 7) is 3.25. The number of sulfone groups is 1. The lowest BCUT2D eigenvalue weighted by molar-refractivity contribution is 0.588. The second-order valence-electron chi connectivity index (χ2n) is 4.75. The molecule has 1 aromatic heterocycles. The third-order valence-electron chi connectivity index (χ3n) is 2.94. The number of halogens is 1. The summed E-state index contributed by atoms with van der Waals surface area (Å²) < 4.78 is 24.8. The normalized spacial score (nSPS) is 11.5. The van der Waals surface area contributed by atoms with Crippen LogP contribution < -0.4 is 16.6 Å². The van der Waals surface area contributed by atoms with Gasteiger partial charge in [-0.1, -0.05) is 23.7 Å². The standard InChI is InChI=1S/C13H16ClN5O2S/c1-8(2)22(20,21)11-6-4-3-5-10(11)17-12-9(14)7-16-13(18-12)19-15/h3-8H,15H2,1-2H3,(H2,16,17,18,19). The summed E-state index contributed by atoms with van der Waals surface area (Å²) in [4.78, 5) is 8.11. The van der Waals surface area contributed by atoms with Crippen molar-refractivity contribution in [3.05, 3.63) is 35.5 Å². The number of hydrogen-bond acceptors (Lipinski definition) is 7. The van der Waals surface area contributed by atoms with Crippen molar-refractivity contribution in [1.82, 2.24) is 9.97 Å². The van der Waals surface area contributed by atoms with Gasteiger partial charge in [0.05, 0.1) is 22.0 Å². The molecule has 0 spiro atoms. The first-order valence-corrected chi connectivity index (χ1v) is 8.37. The molecule has 0 fully saturated rings. The van der Waals surface area contributed by atoms with E-state index in [4.69, 9.17) is 17.4 Å². The number of benzene rings is 1. The van der Waals surface area contributed by atoms with Crippen LogP contribution in [0.1, 0.15) is 13.8 Å². The van der Waals surface area contributed by atoms with Gasteiger partial charge in [-0.15, -0.1) is 0 Å². The zero-order valence-electron chi connectivity index (χ0n) is 12.0. The fourth-order valence-corrected chi connectivity index (χ4v) is 3.06. The number of hydrogen-bond donors (Lipinski definition) is 3. The van der Waals surface area contributed by atoms with E-state index in [-0.39, 0.29) is 21.7 Å². The van der Waals surface area contributed by atoms with Crippen molar-refractivity contribution in [2.45, 2.75) is 24.0 Å². The predicted molar refractivity (Wildman–Crippen MR) is 86.9 cm³/mol. The Labute approximate surface area is 133 Å². The minimum Gasteiger partial charge on any atom is -0.338 e. The molecule has 0 atom stereocenters. The van der Waals surface area contributed by atoms with E-state index >= 15 is 0 Å². The Morgan fingerprint density at radius 1 is 1.27 bits per heavy atom. The number of nitrogens with two attached hydrogens (primary N) is 1. The van der Waals surface area contributed by atoms with Gasteiger partial charge < -0.3 is 5.32 Å². The summed E-state index contributed by atoms with van der Waals surface area (Å²) >= 11 is 6.03.